The second-order valence-electron chi connectivity index (χ2n) is 2.95. The molecule has 80 valence electrons. The van der Waals surface area contributed by atoms with Crippen molar-refractivity contribution < 1.29 is 14.3 Å². The van der Waals surface area contributed by atoms with E-state index in [0.29, 0.717) is 6.61 Å². The van der Waals surface area contributed by atoms with Gasteiger partial charge in [-0.05, 0) is 5.56 Å². The molecule has 0 atom stereocenters. The molecule has 0 amide bonds. The van der Waals surface area contributed by atoms with Gasteiger partial charge in [0.15, 0.2) is 0 Å². The van der Waals surface area contributed by atoms with E-state index in [2.05, 4.69) is 6.58 Å². The van der Waals surface area contributed by atoms with E-state index < -0.39 is 0 Å². The maximum atomic E-state index is 11.1. The fourth-order valence-electron chi connectivity index (χ4n) is 1.01. The molecule has 0 radical (unpaired) electrons. The molecule has 1 aromatic rings. The average Bonchev–Trinajstić information content (AvgIpc) is 2.28. The SMILES string of the molecule is C=CCOCC(=O)OCc1ccccc1. The number of hydrogen-bond acceptors (Lipinski definition) is 3. The monoisotopic (exact) mass is 206 g/mol. The van der Waals surface area contributed by atoms with Crippen LogP contribution in [0.25, 0.3) is 0 Å². The van der Waals surface area contributed by atoms with Gasteiger partial charge in [-0.2, -0.15) is 0 Å². The van der Waals surface area contributed by atoms with Gasteiger partial charge in [0.25, 0.3) is 0 Å². The van der Waals surface area contributed by atoms with Crippen molar-refractivity contribution in [3.63, 3.8) is 0 Å². The molecule has 0 heterocycles. The minimum absolute atomic E-state index is 0.0289. The maximum Gasteiger partial charge on any atom is 0.332 e. The zero-order chi connectivity index (χ0) is 10.9. The Morgan fingerprint density at radius 3 is 2.73 bits per heavy atom. The Balaban J connectivity index is 2.20. The predicted molar refractivity (Wildman–Crippen MR) is 57.3 cm³/mol. The highest BCUT2D eigenvalue weighted by molar-refractivity contribution is 5.70. The molecule has 0 aromatic heterocycles. The molecule has 0 saturated carbocycles. The summed E-state index contributed by atoms with van der Waals surface area (Å²) in [6.07, 6.45) is 1.59. The van der Waals surface area contributed by atoms with Crippen LogP contribution >= 0.6 is 0 Å². The van der Waals surface area contributed by atoms with Crippen LogP contribution < -0.4 is 0 Å². The first kappa shape index (κ1) is 11.5. The summed E-state index contributed by atoms with van der Waals surface area (Å²) < 4.78 is 9.92. The van der Waals surface area contributed by atoms with Gasteiger partial charge in [0.1, 0.15) is 13.2 Å². The zero-order valence-corrected chi connectivity index (χ0v) is 8.52. The summed E-state index contributed by atoms with van der Waals surface area (Å²) in [6.45, 7) is 4.10. The lowest BCUT2D eigenvalue weighted by atomic mass is 10.2. The van der Waals surface area contributed by atoms with Gasteiger partial charge in [-0.1, -0.05) is 36.4 Å². The normalized spacial score (nSPS) is 9.60. The third kappa shape index (κ3) is 4.98. The Bertz CT molecular complexity index is 306. The molecular formula is C12H14O3. The quantitative estimate of drug-likeness (QED) is 0.405. The lowest BCUT2D eigenvalue weighted by Crippen LogP contribution is -2.12. The second-order valence-corrected chi connectivity index (χ2v) is 2.95. The van der Waals surface area contributed by atoms with Crippen LogP contribution in [-0.2, 0) is 20.9 Å². The predicted octanol–water partition coefficient (Wildman–Crippen LogP) is 1.93. The van der Waals surface area contributed by atoms with E-state index in [1.165, 1.54) is 0 Å². The van der Waals surface area contributed by atoms with Gasteiger partial charge >= 0.3 is 5.97 Å². The average molecular weight is 206 g/mol. The molecule has 0 spiro atoms. The highest BCUT2D eigenvalue weighted by atomic mass is 16.6. The van der Waals surface area contributed by atoms with Gasteiger partial charge in [-0.25, -0.2) is 4.79 Å². The van der Waals surface area contributed by atoms with Crippen molar-refractivity contribution in [2.45, 2.75) is 6.61 Å². The first-order chi connectivity index (χ1) is 7.33. The summed E-state index contributed by atoms with van der Waals surface area (Å²) in [4.78, 5) is 11.1. The molecule has 0 unspecified atom stereocenters. The molecule has 0 aliphatic carbocycles. The molecular weight excluding hydrogens is 192 g/mol. The standard InChI is InChI=1S/C12H14O3/c1-2-8-14-10-12(13)15-9-11-6-4-3-5-7-11/h2-7H,1,8-10H2. The molecule has 3 nitrogen and oxygen atoms in total. The maximum absolute atomic E-state index is 11.1. The number of esters is 1. The molecule has 0 fully saturated rings. The van der Waals surface area contributed by atoms with Gasteiger partial charge in [0.2, 0.25) is 0 Å². The van der Waals surface area contributed by atoms with E-state index in [1.807, 2.05) is 30.3 Å². The molecule has 1 rings (SSSR count). The molecule has 3 heteroatoms. The summed E-state index contributed by atoms with van der Waals surface area (Å²) in [5.74, 6) is -0.360. The van der Waals surface area contributed by atoms with Crippen LogP contribution in [0.2, 0.25) is 0 Å². The van der Waals surface area contributed by atoms with Crippen LogP contribution in [0.1, 0.15) is 5.56 Å². The minimum Gasteiger partial charge on any atom is -0.459 e. The first-order valence-electron chi connectivity index (χ1n) is 4.71. The van der Waals surface area contributed by atoms with E-state index >= 15 is 0 Å². The number of carbonyl (C=O) groups is 1. The van der Waals surface area contributed by atoms with Crippen LogP contribution in [0.5, 0.6) is 0 Å². The van der Waals surface area contributed by atoms with Gasteiger partial charge < -0.3 is 9.47 Å². The van der Waals surface area contributed by atoms with E-state index in [4.69, 9.17) is 9.47 Å². The lowest BCUT2D eigenvalue weighted by molar-refractivity contribution is -0.149. The van der Waals surface area contributed by atoms with Crippen molar-refractivity contribution in [3.8, 4) is 0 Å². The smallest absolute Gasteiger partial charge is 0.332 e. The van der Waals surface area contributed by atoms with Crippen LogP contribution in [-0.4, -0.2) is 19.2 Å². The molecule has 1 aromatic carbocycles. The number of ether oxygens (including phenoxy) is 2. The van der Waals surface area contributed by atoms with Crippen LogP contribution in [0, 0.1) is 0 Å². The van der Waals surface area contributed by atoms with Crippen molar-refractivity contribution >= 4 is 5.97 Å². The van der Waals surface area contributed by atoms with Crippen LogP contribution in [0.3, 0.4) is 0 Å². The first-order valence-corrected chi connectivity index (χ1v) is 4.71. The zero-order valence-electron chi connectivity index (χ0n) is 8.52. The number of carbonyl (C=O) groups excluding carboxylic acids is 1. The minimum atomic E-state index is -0.360. The van der Waals surface area contributed by atoms with E-state index in [-0.39, 0.29) is 19.2 Å². The van der Waals surface area contributed by atoms with E-state index in [1.54, 1.807) is 6.08 Å². The largest absolute Gasteiger partial charge is 0.459 e. The van der Waals surface area contributed by atoms with Crippen molar-refractivity contribution in [1.29, 1.82) is 0 Å². The Hall–Kier alpha value is -1.61. The lowest BCUT2D eigenvalue weighted by Gasteiger charge is -2.04. The summed E-state index contributed by atoms with van der Waals surface area (Å²) in [5.41, 5.74) is 0.967. The third-order valence-electron chi connectivity index (χ3n) is 1.70. The summed E-state index contributed by atoms with van der Waals surface area (Å²) in [5, 5.41) is 0. The summed E-state index contributed by atoms with van der Waals surface area (Å²) in [7, 11) is 0. The highest BCUT2D eigenvalue weighted by Crippen LogP contribution is 2.00. The number of hydrogen-bond donors (Lipinski definition) is 0. The van der Waals surface area contributed by atoms with Gasteiger partial charge in [-0.15, -0.1) is 6.58 Å². The summed E-state index contributed by atoms with van der Waals surface area (Å²) >= 11 is 0. The highest BCUT2D eigenvalue weighted by Gasteiger charge is 2.02. The van der Waals surface area contributed by atoms with Crippen molar-refractivity contribution in [2.75, 3.05) is 13.2 Å². The molecule has 15 heavy (non-hydrogen) atoms. The summed E-state index contributed by atoms with van der Waals surface area (Å²) in [6, 6.07) is 9.52. The Kier molecular flexibility index (Phi) is 5.19. The van der Waals surface area contributed by atoms with Crippen molar-refractivity contribution in [2.24, 2.45) is 0 Å². The molecule has 0 aliphatic heterocycles. The third-order valence-corrected chi connectivity index (χ3v) is 1.70. The van der Waals surface area contributed by atoms with E-state index in [9.17, 15) is 4.79 Å². The Labute approximate surface area is 89.3 Å². The molecule has 0 saturated heterocycles. The second kappa shape index (κ2) is 6.79. The van der Waals surface area contributed by atoms with Gasteiger partial charge in [0, 0.05) is 0 Å². The molecule has 0 aliphatic rings. The Morgan fingerprint density at radius 1 is 1.33 bits per heavy atom. The van der Waals surface area contributed by atoms with Crippen LogP contribution in [0.4, 0.5) is 0 Å². The van der Waals surface area contributed by atoms with Gasteiger partial charge in [0.05, 0.1) is 6.61 Å². The fraction of sp³-hybridized carbons (Fsp3) is 0.250. The van der Waals surface area contributed by atoms with Crippen molar-refractivity contribution in [1.82, 2.24) is 0 Å². The molecule has 0 N–H and O–H groups in total. The van der Waals surface area contributed by atoms with E-state index in [0.717, 1.165) is 5.56 Å². The topological polar surface area (TPSA) is 35.5 Å². The number of rotatable bonds is 6. The fourth-order valence-corrected chi connectivity index (χ4v) is 1.01. The van der Waals surface area contributed by atoms with Gasteiger partial charge in [-0.3, -0.25) is 0 Å². The molecule has 0 bridgehead atoms. The Morgan fingerprint density at radius 2 is 2.07 bits per heavy atom. The number of benzene rings is 1. The van der Waals surface area contributed by atoms with Crippen LogP contribution in [0.15, 0.2) is 43.0 Å². The van der Waals surface area contributed by atoms with Crippen molar-refractivity contribution in [3.05, 3.63) is 48.6 Å².